The smallest absolute Gasteiger partial charge is 0.335 e. The van der Waals surface area contributed by atoms with Crippen molar-refractivity contribution >= 4 is 22.0 Å². The Kier molecular flexibility index (Phi) is 5.79. The van der Waals surface area contributed by atoms with Crippen molar-refractivity contribution in [1.29, 1.82) is 0 Å². The van der Waals surface area contributed by atoms with E-state index in [2.05, 4.69) is 4.72 Å². The minimum Gasteiger partial charge on any atom is -0.480 e. The van der Waals surface area contributed by atoms with E-state index < -0.39 is 33.9 Å². The predicted molar refractivity (Wildman–Crippen MR) is 95.4 cm³/mol. The van der Waals surface area contributed by atoms with Gasteiger partial charge in [-0.25, -0.2) is 13.2 Å². The molecule has 0 heterocycles. The second-order valence-electron chi connectivity index (χ2n) is 6.09. The number of benzene rings is 2. The van der Waals surface area contributed by atoms with Crippen LogP contribution in [0.5, 0.6) is 0 Å². The standard InChI is InChI=1S/C18H19NO6S/c1-11(2)16(18(22)23)19-26(24,25)15-9-7-13(8-10-15)12-3-5-14(6-4-12)17(20)21/h3-11,16,19H,1-2H3,(H,20,21)(H,22,23). The molecule has 8 heteroatoms. The summed E-state index contributed by atoms with van der Waals surface area (Å²) in [6.45, 7) is 3.23. The van der Waals surface area contributed by atoms with Gasteiger partial charge < -0.3 is 10.2 Å². The van der Waals surface area contributed by atoms with Gasteiger partial charge >= 0.3 is 11.9 Å². The van der Waals surface area contributed by atoms with Crippen molar-refractivity contribution in [3.8, 4) is 11.1 Å². The molecule has 1 unspecified atom stereocenters. The maximum absolute atomic E-state index is 12.4. The molecular formula is C18H19NO6S. The molecule has 2 rings (SSSR count). The van der Waals surface area contributed by atoms with Crippen LogP contribution in [0.25, 0.3) is 11.1 Å². The number of hydrogen-bond donors (Lipinski definition) is 3. The van der Waals surface area contributed by atoms with Crippen LogP contribution in [0.3, 0.4) is 0 Å². The zero-order valence-corrected chi connectivity index (χ0v) is 15.0. The SMILES string of the molecule is CC(C)C(NS(=O)(=O)c1ccc(-c2ccc(C(=O)O)cc2)cc1)C(=O)O. The molecule has 0 bridgehead atoms. The Morgan fingerprint density at radius 1 is 0.885 bits per heavy atom. The molecule has 0 spiro atoms. The van der Waals surface area contributed by atoms with Gasteiger partial charge in [0.25, 0.3) is 0 Å². The van der Waals surface area contributed by atoms with Crippen molar-refractivity contribution < 1.29 is 28.2 Å². The van der Waals surface area contributed by atoms with Gasteiger partial charge in [0, 0.05) is 0 Å². The number of aromatic carboxylic acids is 1. The Morgan fingerprint density at radius 3 is 1.73 bits per heavy atom. The fourth-order valence-electron chi connectivity index (χ4n) is 2.34. The highest BCUT2D eigenvalue weighted by Gasteiger charge is 2.27. The summed E-state index contributed by atoms with van der Waals surface area (Å²) in [4.78, 5) is 22.0. The molecule has 0 amide bonds. The highest BCUT2D eigenvalue weighted by atomic mass is 32.2. The van der Waals surface area contributed by atoms with Gasteiger partial charge in [-0.1, -0.05) is 38.1 Å². The molecule has 2 aromatic carbocycles. The van der Waals surface area contributed by atoms with Crippen LogP contribution < -0.4 is 4.72 Å². The molecule has 2 aromatic rings. The Bertz CT molecular complexity index is 902. The van der Waals surface area contributed by atoms with Crippen LogP contribution in [0.2, 0.25) is 0 Å². The Balaban J connectivity index is 2.25. The van der Waals surface area contributed by atoms with Crippen molar-refractivity contribution in [1.82, 2.24) is 4.72 Å². The van der Waals surface area contributed by atoms with E-state index in [-0.39, 0.29) is 10.5 Å². The maximum atomic E-state index is 12.4. The first kappa shape index (κ1) is 19.6. The average Bonchev–Trinajstić information content (AvgIpc) is 2.59. The van der Waals surface area contributed by atoms with E-state index in [1.54, 1.807) is 38.1 Å². The minimum absolute atomic E-state index is 0.0460. The maximum Gasteiger partial charge on any atom is 0.335 e. The Morgan fingerprint density at radius 2 is 1.35 bits per heavy atom. The Hall–Kier alpha value is -2.71. The molecule has 0 radical (unpaired) electrons. The van der Waals surface area contributed by atoms with Crippen LogP contribution in [0.1, 0.15) is 24.2 Å². The summed E-state index contributed by atoms with van der Waals surface area (Å²) in [7, 11) is -3.97. The average molecular weight is 377 g/mol. The van der Waals surface area contributed by atoms with Crippen LogP contribution >= 0.6 is 0 Å². The third-order valence-electron chi connectivity index (χ3n) is 3.84. The highest BCUT2D eigenvalue weighted by molar-refractivity contribution is 7.89. The molecule has 0 aromatic heterocycles. The number of aliphatic carboxylic acids is 1. The van der Waals surface area contributed by atoms with E-state index in [0.717, 1.165) is 5.56 Å². The number of sulfonamides is 1. The Labute approximate surface area is 151 Å². The van der Waals surface area contributed by atoms with Gasteiger partial charge in [-0.3, -0.25) is 4.79 Å². The lowest BCUT2D eigenvalue weighted by Crippen LogP contribution is -2.44. The summed E-state index contributed by atoms with van der Waals surface area (Å²) in [5, 5.41) is 18.0. The van der Waals surface area contributed by atoms with E-state index >= 15 is 0 Å². The summed E-state index contributed by atoms with van der Waals surface area (Å²) in [6, 6.07) is 10.9. The van der Waals surface area contributed by atoms with E-state index in [0.29, 0.717) is 5.56 Å². The molecule has 0 saturated carbocycles. The molecular weight excluding hydrogens is 358 g/mol. The van der Waals surface area contributed by atoms with Gasteiger partial charge in [-0.15, -0.1) is 0 Å². The molecule has 138 valence electrons. The molecule has 3 N–H and O–H groups in total. The van der Waals surface area contributed by atoms with Gasteiger partial charge in [0.05, 0.1) is 10.5 Å². The van der Waals surface area contributed by atoms with Gasteiger partial charge in [-0.2, -0.15) is 4.72 Å². The lowest BCUT2D eigenvalue weighted by Gasteiger charge is -2.18. The number of hydrogen-bond acceptors (Lipinski definition) is 4. The largest absolute Gasteiger partial charge is 0.480 e. The summed E-state index contributed by atoms with van der Waals surface area (Å²) in [5.41, 5.74) is 1.60. The number of carboxylic acids is 2. The van der Waals surface area contributed by atoms with Gasteiger partial charge in [0.1, 0.15) is 6.04 Å². The summed E-state index contributed by atoms with van der Waals surface area (Å²) < 4.78 is 27.0. The number of nitrogens with one attached hydrogen (secondary N) is 1. The first-order valence-electron chi connectivity index (χ1n) is 7.81. The molecule has 7 nitrogen and oxygen atoms in total. The predicted octanol–water partition coefficient (Wildman–Crippen LogP) is 2.44. The quantitative estimate of drug-likeness (QED) is 0.681. The lowest BCUT2D eigenvalue weighted by atomic mass is 10.0. The zero-order valence-electron chi connectivity index (χ0n) is 14.2. The second-order valence-corrected chi connectivity index (χ2v) is 7.80. The van der Waals surface area contributed by atoms with Crippen LogP contribution in [0.15, 0.2) is 53.4 Å². The molecule has 26 heavy (non-hydrogen) atoms. The van der Waals surface area contributed by atoms with Gasteiger partial charge in [-0.05, 0) is 41.3 Å². The summed E-state index contributed by atoms with van der Waals surface area (Å²) in [6.07, 6.45) is 0. The van der Waals surface area contributed by atoms with Crippen molar-refractivity contribution in [3.05, 3.63) is 54.1 Å². The van der Waals surface area contributed by atoms with E-state index in [9.17, 15) is 18.0 Å². The molecule has 1 atom stereocenters. The molecule has 0 aliphatic carbocycles. The summed E-state index contributed by atoms with van der Waals surface area (Å²) in [5.74, 6) is -2.67. The molecule has 0 saturated heterocycles. The van der Waals surface area contributed by atoms with Crippen molar-refractivity contribution in [2.24, 2.45) is 5.92 Å². The summed E-state index contributed by atoms with van der Waals surface area (Å²) >= 11 is 0. The van der Waals surface area contributed by atoms with Crippen molar-refractivity contribution in [2.45, 2.75) is 24.8 Å². The number of rotatable bonds is 7. The van der Waals surface area contributed by atoms with Crippen LogP contribution in [0, 0.1) is 5.92 Å². The van der Waals surface area contributed by atoms with Crippen LogP contribution in [0.4, 0.5) is 0 Å². The fourth-order valence-corrected chi connectivity index (χ4v) is 3.68. The van der Waals surface area contributed by atoms with Gasteiger partial charge in [0.15, 0.2) is 0 Å². The second kappa shape index (κ2) is 7.67. The highest BCUT2D eigenvalue weighted by Crippen LogP contribution is 2.22. The monoisotopic (exact) mass is 377 g/mol. The first-order valence-corrected chi connectivity index (χ1v) is 9.29. The number of carboxylic acid groups (broad SMARTS) is 2. The first-order chi connectivity index (χ1) is 12.1. The molecule has 0 fully saturated rings. The van der Waals surface area contributed by atoms with Crippen LogP contribution in [-0.4, -0.2) is 36.6 Å². The van der Waals surface area contributed by atoms with E-state index in [1.165, 1.54) is 24.3 Å². The van der Waals surface area contributed by atoms with E-state index in [4.69, 9.17) is 10.2 Å². The van der Waals surface area contributed by atoms with E-state index in [1.807, 2.05) is 0 Å². The van der Waals surface area contributed by atoms with Crippen molar-refractivity contribution in [2.75, 3.05) is 0 Å². The third kappa shape index (κ3) is 4.47. The minimum atomic E-state index is -3.97. The lowest BCUT2D eigenvalue weighted by molar-refractivity contribution is -0.140. The normalized spacial score (nSPS) is 12.7. The molecule has 0 aliphatic heterocycles. The zero-order chi connectivity index (χ0) is 19.5. The molecule has 0 aliphatic rings. The van der Waals surface area contributed by atoms with Crippen LogP contribution in [-0.2, 0) is 14.8 Å². The van der Waals surface area contributed by atoms with Gasteiger partial charge in [0.2, 0.25) is 10.0 Å². The number of carbonyl (C=O) groups is 2. The van der Waals surface area contributed by atoms with Crippen molar-refractivity contribution in [3.63, 3.8) is 0 Å². The topological polar surface area (TPSA) is 121 Å². The fraction of sp³-hybridized carbons (Fsp3) is 0.222. The third-order valence-corrected chi connectivity index (χ3v) is 5.30.